The number of piperazine rings is 1. The number of urea groups is 1. The van der Waals surface area contributed by atoms with Gasteiger partial charge in [0.25, 0.3) is 5.91 Å². The van der Waals surface area contributed by atoms with Gasteiger partial charge in [-0.2, -0.15) is 0 Å². The van der Waals surface area contributed by atoms with Crippen molar-refractivity contribution in [2.45, 2.75) is 38.8 Å². The van der Waals surface area contributed by atoms with Crippen LogP contribution >= 0.6 is 22.9 Å². The van der Waals surface area contributed by atoms with E-state index in [1.807, 2.05) is 32.0 Å². The van der Waals surface area contributed by atoms with Crippen molar-refractivity contribution in [2.75, 3.05) is 32.7 Å². The molecule has 0 radical (unpaired) electrons. The Morgan fingerprint density at radius 2 is 1.82 bits per heavy atom. The molecule has 2 saturated heterocycles. The number of carbonyl (C=O) groups excluding carboxylic acids is 3. The van der Waals surface area contributed by atoms with Gasteiger partial charge in [-0.05, 0) is 42.7 Å². The topological polar surface area (TPSA) is 73.0 Å². The Morgan fingerprint density at radius 1 is 1.09 bits per heavy atom. The van der Waals surface area contributed by atoms with Gasteiger partial charge in [0.2, 0.25) is 5.91 Å². The highest BCUT2D eigenvalue weighted by molar-refractivity contribution is 7.15. The van der Waals surface area contributed by atoms with Crippen LogP contribution in [-0.4, -0.2) is 70.8 Å². The van der Waals surface area contributed by atoms with E-state index in [4.69, 9.17) is 11.6 Å². The lowest BCUT2D eigenvalue weighted by molar-refractivity contribution is -0.140. The van der Waals surface area contributed by atoms with Crippen LogP contribution in [0, 0.1) is 0 Å². The average molecular weight is 489 g/mol. The number of hydrogen-bond acceptors (Lipinski definition) is 5. The molecule has 4 amide bonds. The molecule has 0 unspecified atom stereocenters. The number of hydrogen-bond donors (Lipinski definition) is 1. The molecule has 2 aromatic rings. The zero-order chi connectivity index (χ0) is 23.6. The molecule has 4 rings (SSSR count). The minimum Gasteiger partial charge on any atom is -0.339 e. The monoisotopic (exact) mass is 488 g/mol. The van der Waals surface area contributed by atoms with E-state index in [1.54, 1.807) is 16.2 Å². The molecule has 33 heavy (non-hydrogen) atoms. The molecule has 0 bridgehead atoms. The number of thiophene rings is 1. The SMILES string of the molecule is CCC1(CC)NC(=O)N(CC(=O)N2CCN(Cc3ccc(-c4cccc(Cl)c4)s3)CC2)C1=O. The minimum atomic E-state index is -0.874. The summed E-state index contributed by atoms with van der Waals surface area (Å²) in [6.07, 6.45) is 1.03. The quantitative estimate of drug-likeness (QED) is 0.601. The molecular formula is C24H29ClN4O3S. The smallest absolute Gasteiger partial charge is 0.325 e. The molecular weight excluding hydrogens is 460 g/mol. The van der Waals surface area contributed by atoms with Crippen LogP contribution in [0.15, 0.2) is 36.4 Å². The van der Waals surface area contributed by atoms with E-state index in [2.05, 4.69) is 28.4 Å². The van der Waals surface area contributed by atoms with Crippen LogP contribution in [0.3, 0.4) is 0 Å². The Hall–Kier alpha value is -2.42. The van der Waals surface area contributed by atoms with Crippen LogP contribution in [0.25, 0.3) is 10.4 Å². The second-order valence-corrected chi connectivity index (χ2v) is 10.1. The first-order valence-corrected chi connectivity index (χ1v) is 12.5. The summed E-state index contributed by atoms with van der Waals surface area (Å²) in [5, 5.41) is 3.51. The maximum atomic E-state index is 12.8. The Kier molecular flexibility index (Phi) is 7.07. The van der Waals surface area contributed by atoms with Crippen LogP contribution in [0.5, 0.6) is 0 Å². The first kappa shape index (κ1) is 23.7. The summed E-state index contributed by atoms with van der Waals surface area (Å²) in [5.41, 5.74) is 0.241. The van der Waals surface area contributed by atoms with Crippen molar-refractivity contribution in [1.29, 1.82) is 0 Å². The number of halogens is 1. The zero-order valence-electron chi connectivity index (χ0n) is 19.0. The van der Waals surface area contributed by atoms with Crippen molar-refractivity contribution in [1.82, 2.24) is 20.0 Å². The molecule has 1 aromatic heterocycles. The van der Waals surface area contributed by atoms with Gasteiger partial charge in [-0.1, -0.05) is 37.6 Å². The molecule has 9 heteroatoms. The van der Waals surface area contributed by atoms with Gasteiger partial charge in [-0.15, -0.1) is 11.3 Å². The number of benzene rings is 1. The second kappa shape index (κ2) is 9.83. The molecule has 3 heterocycles. The minimum absolute atomic E-state index is 0.180. The summed E-state index contributed by atoms with van der Waals surface area (Å²) >= 11 is 7.87. The highest BCUT2D eigenvalue weighted by atomic mass is 35.5. The molecule has 7 nitrogen and oxygen atoms in total. The molecule has 0 aliphatic carbocycles. The van der Waals surface area contributed by atoms with Crippen molar-refractivity contribution >= 4 is 40.8 Å². The summed E-state index contributed by atoms with van der Waals surface area (Å²) in [6, 6.07) is 11.7. The third kappa shape index (κ3) is 4.93. The molecule has 0 spiro atoms. The molecule has 1 aromatic carbocycles. The van der Waals surface area contributed by atoms with Crippen LogP contribution in [0.1, 0.15) is 31.6 Å². The van der Waals surface area contributed by atoms with Gasteiger partial charge in [0.15, 0.2) is 0 Å². The summed E-state index contributed by atoms with van der Waals surface area (Å²) in [6.45, 7) is 7.06. The molecule has 0 saturated carbocycles. The van der Waals surface area contributed by atoms with Crippen LogP contribution in [0.4, 0.5) is 4.79 Å². The van der Waals surface area contributed by atoms with Crippen molar-refractivity contribution < 1.29 is 14.4 Å². The van der Waals surface area contributed by atoms with Crippen LogP contribution in [-0.2, 0) is 16.1 Å². The van der Waals surface area contributed by atoms with Gasteiger partial charge >= 0.3 is 6.03 Å². The largest absolute Gasteiger partial charge is 0.339 e. The van der Waals surface area contributed by atoms with E-state index in [-0.39, 0.29) is 18.4 Å². The molecule has 1 N–H and O–H groups in total. The van der Waals surface area contributed by atoms with E-state index in [1.165, 1.54) is 9.75 Å². The Balaban J connectivity index is 1.29. The van der Waals surface area contributed by atoms with Crippen LogP contribution in [0.2, 0.25) is 5.02 Å². The summed E-state index contributed by atoms with van der Waals surface area (Å²) in [4.78, 5) is 45.5. The van der Waals surface area contributed by atoms with E-state index in [0.717, 1.165) is 35.1 Å². The first-order valence-electron chi connectivity index (χ1n) is 11.3. The van der Waals surface area contributed by atoms with Gasteiger partial charge in [-0.25, -0.2) is 4.79 Å². The van der Waals surface area contributed by atoms with Crippen LogP contribution < -0.4 is 5.32 Å². The fourth-order valence-corrected chi connectivity index (χ4v) is 5.66. The standard InChI is InChI=1S/C24H29ClN4O3S/c1-3-24(4-2)22(31)29(23(32)26-24)16-21(30)28-12-10-27(11-13-28)15-19-8-9-20(33-19)17-6-5-7-18(25)14-17/h5-9,14H,3-4,10-13,15-16H2,1-2H3,(H,26,32). The number of amides is 4. The molecule has 0 atom stereocenters. The highest BCUT2D eigenvalue weighted by Crippen LogP contribution is 2.30. The average Bonchev–Trinajstić information content (AvgIpc) is 3.38. The van der Waals surface area contributed by atoms with E-state index in [9.17, 15) is 14.4 Å². The van der Waals surface area contributed by atoms with Crippen molar-refractivity contribution in [3.63, 3.8) is 0 Å². The summed E-state index contributed by atoms with van der Waals surface area (Å²) in [5.74, 6) is -0.474. The third-order valence-corrected chi connectivity index (χ3v) is 7.98. The maximum Gasteiger partial charge on any atom is 0.325 e. The molecule has 2 aliphatic rings. The maximum absolute atomic E-state index is 12.8. The first-order chi connectivity index (χ1) is 15.8. The van der Waals surface area contributed by atoms with Gasteiger partial charge < -0.3 is 10.2 Å². The number of nitrogens with zero attached hydrogens (tertiary/aromatic N) is 3. The van der Waals surface area contributed by atoms with Crippen molar-refractivity contribution in [2.24, 2.45) is 0 Å². The lowest BCUT2D eigenvalue weighted by atomic mass is 9.93. The van der Waals surface area contributed by atoms with Crippen molar-refractivity contribution in [3.05, 3.63) is 46.3 Å². The second-order valence-electron chi connectivity index (χ2n) is 8.54. The molecule has 2 aliphatic heterocycles. The predicted octanol–water partition coefficient (Wildman–Crippen LogP) is 3.82. The van der Waals surface area contributed by atoms with Gasteiger partial charge in [0.1, 0.15) is 12.1 Å². The number of imide groups is 1. The van der Waals surface area contributed by atoms with E-state index < -0.39 is 11.6 Å². The Bertz CT molecular complexity index is 1040. The number of carbonyl (C=O) groups is 3. The number of nitrogens with one attached hydrogen (secondary N) is 1. The normalized spacial score (nSPS) is 18.6. The predicted molar refractivity (Wildman–Crippen MR) is 130 cm³/mol. The van der Waals surface area contributed by atoms with E-state index in [0.29, 0.717) is 25.9 Å². The highest BCUT2D eigenvalue weighted by Gasteiger charge is 2.49. The Morgan fingerprint density at radius 3 is 2.45 bits per heavy atom. The van der Waals surface area contributed by atoms with Gasteiger partial charge in [-0.3, -0.25) is 19.4 Å². The fraction of sp³-hybridized carbons (Fsp3) is 0.458. The lowest BCUT2D eigenvalue weighted by Gasteiger charge is -2.35. The Labute approximate surface area is 203 Å². The molecule has 2 fully saturated rings. The number of rotatable bonds is 7. The summed E-state index contributed by atoms with van der Waals surface area (Å²) in [7, 11) is 0. The van der Waals surface area contributed by atoms with E-state index >= 15 is 0 Å². The molecule has 176 valence electrons. The lowest BCUT2D eigenvalue weighted by Crippen LogP contribution is -2.52. The van der Waals surface area contributed by atoms with Gasteiger partial charge in [0, 0.05) is 47.5 Å². The summed E-state index contributed by atoms with van der Waals surface area (Å²) < 4.78 is 0. The fourth-order valence-electron chi connectivity index (χ4n) is 4.42. The van der Waals surface area contributed by atoms with Crippen molar-refractivity contribution in [3.8, 4) is 10.4 Å². The van der Waals surface area contributed by atoms with Gasteiger partial charge in [0.05, 0.1) is 0 Å². The zero-order valence-corrected chi connectivity index (χ0v) is 20.5. The third-order valence-electron chi connectivity index (χ3n) is 6.62.